The number of halogens is 1. The summed E-state index contributed by atoms with van der Waals surface area (Å²) in [5.41, 5.74) is 0.951. The molecule has 1 heterocycles. The molecule has 1 aromatic rings. The summed E-state index contributed by atoms with van der Waals surface area (Å²) in [4.78, 5) is 11.3. The third-order valence-corrected chi connectivity index (χ3v) is 3.37. The van der Waals surface area contributed by atoms with Crippen LogP contribution in [-0.2, 0) is 20.7 Å². The Morgan fingerprint density at radius 3 is 2.53 bits per heavy atom. The van der Waals surface area contributed by atoms with Gasteiger partial charge >= 0.3 is 5.97 Å². The molecule has 1 atom stereocenters. The molecule has 1 aliphatic rings. The van der Waals surface area contributed by atoms with Gasteiger partial charge in [0.1, 0.15) is 0 Å². The van der Waals surface area contributed by atoms with E-state index in [0.717, 1.165) is 12.0 Å². The van der Waals surface area contributed by atoms with Crippen LogP contribution in [-0.4, -0.2) is 30.6 Å². The number of carboxylic acid groups (broad SMARTS) is 1. The second-order valence-electron chi connectivity index (χ2n) is 4.63. The first-order chi connectivity index (χ1) is 9.15. The highest BCUT2D eigenvalue weighted by Crippen LogP contribution is 2.20. The van der Waals surface area contributed by atoms with Gasteiger partial charge in [0, 0.05) is 11.4 Å². The number of carboxylic acids is 1. The fraction of sp³-hybridized carbons (Fsp3) is 0.500. The Kier molecular flexibility index (Phi) is 5.19. The Bertz CT molecular complexity index is 412. The van der Waals surface area contributed by atoms with Gasteiger partial charge in [-0.05, 0) is 30.5 Å². The zero-order chi connectivity index (χ0) is 13.7. The van der Waals surface area contributed by atoms with E-state index in [1.54, 1.807) is 12.1 Å². The summed E-state index contributed by atoms with van der Waals surface area (Å²) >= 11 is 5.81. The first-order valence-electron chi connectivity index (χ1n) is 6.35. The quantitative estimate of drug-likeness (QED) is 0.903. The van der Waals surface area contributed by atoms with Crippen molar-refractivity contribution in [3.63, 3.8) is 0 Å². The average molecular weight is 285 g/mol. The fourth-order valence-corrected chi connectivity index (χ4v) is 2.21. The Morgan fingerprint density at radius 2 is 1.95 bits per heavy atom. The van der Waals surface area contributed by atoms with E-state index in [0.29, 0.717) is 31.1 Å². The molecule has 1 saturated heterocycles. The van der Waals surface area contributed by atoms with Gasteiger partial charge in [-0.3, -0.25) is 4.79 Å². The Balaban J connectivity index is 1.95. The molecule has 2 rings (SSSR count). The number of hydrogen-bond donors (Lipinski definition) is 1. The number of carbonyl (C=O) groups is 1. The highest BCUT2D eigenvalue weighted by atomic mass is 35.5. The number of hydrogen-bond acceptors (Lipinski definition) is 3. The molecule has 0 aromatic heterocycles. The normalized spacial score (nSPS) is 18.2. The lowest BCUT2D eigenvalue weighted by Gasteiger charge is -2.25. The number of benzene rings is 1. The zero-order valence-electron chi connectivity index (χ0n) is 10.5. The minimum atomic E-state index is -0.826. The molecule has 1 unspecified atom stereocenters. The first kappa shape index (κ1) is 14.3. The Labute approximate surface area is 117 Å². The number of ether oxygens (including phenoxy) is 2. The number of aliphatic carboxylic acids is 1. The van der Waals surface area contributed by atoms with Crippen LogP contribution in [0.1, 0.15) is 18.4 Å². The molecule has 0 saturated carbocycles. The molecule has 0 amide bonds. The van der Waals surface area contributed by atoms with Crippen LogP contribution in [0.5, 0.6) is 0 Å². The Morgan fingerprint density at radius 1 is 1.32 bits per heavy atom. The second-order valence-corrected chi connectivity index (χ2v) is 5.06. The van der Waals surface area contributed by atoms with E-state index >= 15 is 0 Å². The predicted molar refractivity (Wildman–Crippen MR) is 71.2 cm³/mol. The maximum absolute atomic E-state index is 11.3. The SMILES string of the molecule is O=C(O)C(Cc1ccc(Cl)cc1)CC1OCCCO1. The molecule has 19 heavy (non-hydrogen) atoms. The first-order valence-corrected chi connectivity index (χ1v) is 6.73. The highest BCUT2D eigenvalue weighted by Gasteiger charge is 2.25. The predicted octanol–water partition coefficient (Wildman–Crippen LogP) is 2.74. The Hall–Kier alpha value is -1.10. The number of rotatable bonds is 5. The molecule has 1 N–H and O–H groups in total. The van der Waals surface area contributed by atoms with Crippen molar-refractivity contribution in [2.75, 3.05) is 13.2 Å². The van der Waals surface area contributed by atoms with E-state index in [1.807, 2.05) is 12.1 Å². The summed E-state index contributed by atoms with van der Waals surface area (Å²) in [5.74, 6) is -1.34. The molecule has 5 heteroatoms. The molecule has 0 spiro atoms. The van der Waals surface area contributed by atoms with E-state index < -0.39 is 18.2 Å². The molecule has 0 aliphatic carbocycles. The van der Waals surface area contributed by atoms with Crippen LogP contribution in [0.2, 0.25) is 5.02 Å². The van der Waals surface area contributed by atoms with Crippen LogP contribution in [0.3, 0.4) is 0 Å². The van der Waals surface area contributed by atoms with E-state index in [-0.39, 0.29) is 0 Å². The lowest BCUT2D eigenvalue weighted by atomic mass is 9.96. The second kappa shape index (κ2) is 6.89. The third kappa shape index (κ3) is 4.49. The maximum atomic E-state index is 11.3. The highest BCUT2D eigenvalue weighted by molar-refractivity contribution is 6.30. The van der Waals surface area contributed by atoms with E-state index in [2.05, 4.69) is 0 Å². The van der Waals surface area contributed by atoms with Crippen molar-refractivity contribution in [1.82, 2.24) is 0 Å². The van der Waals surface area contributed by atoms with Crippen molar-refractivity contribution >= 4 is 17.6 Å². The van der Waals surface area contributed by atoms with Crippen LogP contribution in [0, 0.1) is 5.92 Å². The molecular formula is C14H17ClO4. The van der Waals surface area contributed by atoms with Gasteiger partial charge < -0.3 is 14.6 Å². The average Bonchev–Trinajstić information content (AvgIpc) is 2.41. The van der Waals surface area contributed by atoms with Gasteiger partial charge in [0.05, 0.1) is 19.1 Å². The minimum Gasteiger partial charge on any atom is -0.481 e. The van der Waals surface area contributed by atoms with Crippen molar-refractivity contribution in [2.24, 2.45) is 5.92 Å². The summed E-state index contributed by atoms with van der Waals surface area (Å²) in [6, 6.07) is 7.23. The summed E-state index contributed by atoms with van der Waals surface area (Å²) < 4.78 is 10.8. The van der Waals surface area contributed by atoms with Crippen molar-refractivity contribution in [1.29, 1.82) is 0 Å². The molecule has 0 bridgehead atoms. The van der Waals surface area contributed by atoms with Crippen LogP contribution < -0.4 is 0 Å². The van der Waals surface area contributed by atoms with Crippen LogP contribution in [0.25, 0.3) is 0 Å². The van der Waals surface area contributed by atoms with E-state index in [4.69, 9.17) is 21.1 Å². The molecule has 1 aliphatic heterocycles. The van der Waals surface area contributed by atoms with E-state index in [9.17, 15) is 9.90 Å². The summed E-state index contributed by atoms with van der Waals surface area (Å²) in [6.45, 7) is 1.27. The van der Waals surface area contributed by atoms with Crippen molar-refractivity contribution in [3.8, 4) is 0 Å². The van der Waals surface area contributed by atoms with Crippen LogP contribution >= 0.6 is 11.6 Å². The van der Waals surface area contributed by atoms with Gasteiger partial charge in [0.2, 0.25) is 0 Å². The van der Waals surface area contributed by atoms with Gasteiger partial charge in [-0.2, -0.15) is 0 Å². The van der Waals surface area contributed by atoms with Gasteiger partial charge in [0.25, 0.3) is 0 Å². The molecule has 0 radical (unpaired) electrons. The van der Waals surface area contributed by atoms with Crippen molar-refractivity contribution in [2.45, 2.75) is 25.6 Å². The van der Waals surface area contributed by atoms with Gasteiger partial charge in [0.15, 0.2) is 6.29 Å². The lowest BCUT2D eigenvalue weighted by molar-refractivity contribution is -0.190. The largest absolute Gasteiger partial charge is 0.481 e. The molecule has 1 fully saturated rings. The van der Waals surface area contributed by atoms with Crippen LogP contribution in [0.4, 0.5) is 0 Å². The van der Waals surface area contributed by atoms with Gasteiger partial charge in [-0.25, -0.2) is 0 Å². The van der Waals surface area contributed by atoms with Crippen molar-refractivity contribution in [3.05, 3.63) is 34.9 Å². The van der Waals surface area contributed by atoms with Crippen LogP contribution in [0.15, 0.2) is 24.3 Å². The maximum Gasteiger partial charge on any atom is 0.307 e. The summed E-state index contributed by atoms with van der Waals surface area (Å²) in [5, 5.41) is 9.93. The summed E-state index contributed by atoms with van der Waals surface area (Å²) in [7, 11) is 0. The topological polar surface area (TPSA) is 55.8 Å². The van der Waals surface area contributed by atoms with E-state index in [1.165, 1.54) is 0 Å². The third-order valence-electron chi connectivity index (χ3n) is 3.12. The van der Waals surface area contributed by atoms with Gasteiger partial charge in [-0.1, -0.05) is 23.7 Å². The molecule has 104 valence electrons. The molecule has 1 aromatic carbocycles. The smallest absolute Gasteiger partial charge is 0.307 e. The minimum absolute atomic E-state index is 0.373. The zero-order valence-corrected chi connectivity index (χ0v) is 11.3. The standard InChI is InChI=1S/C14H17ClO4/c15-12-4-2-10(3-5-12)8-11(14(16)17)9-13-18-6-1-7-19-13/h2-5,11,13H,1,6-9H2,(H,16,17). The summed E-state index contributed by atoms with van der Waals surface area (Å²) in [6.07, 6.45) is 1.29. The monoisotopic (exact) mass is 284 g/mol. The molecule has 4 nitrogen and oxygen atoms in total. The molecular weight excluding hydrogens is 268 g/mol. The van der Waals surface area contributed by atoms with Gasteiger partial charge in [-0.15, -0.1) is 0 Å². The lowest BCUT2D eigenvalue weighted by Crippen LogP contribution is -2.30. The van der Waals surface area contributed by atoms with Crippen molar-refractivity contribution < 1.29 is 19.4 Å². The fourth-order valence-electron chi connectivity index (χ4n) is 2.08.